The molecule has 0 aliphatic carbocycles. The molecule has 0 unspecified atom stereocenters. The minimum Gasteiger partial charge on any atom is -0.469 e. The van der Waals surface area contributed by atoms with Gasteiger partial charge in [-0.25, -0.2) is 4.79 Å². The van der Waals surface area contributed by atoms with Crippen molar-refractivity contribution in [3.05, 3.63) is 46.9 Å². The number of hydrogen-bond acceptors (Lipinski definition) is 9. The Kier molecular flexibility index (Phi) is 9.05. The van der Waals surface area contributed by atoms with E-state index in [1.165, 1.54) is 12.0 Å². The molecule has 2 saturated heterocycles. The number of amides is 2. The number of likely N-dealkylation sites (tertiary alicyclic amines) is 1. The van der Waals surface area contributed by atoms with Gasteiger partial charge in [0.25, 0.3) is 0 Å². The molecule has 0 spiro atoms. The number of carbonyl (C=O) groups excluding carboxylic acids is 2. The molecule has 35 heavy (non-hydrogen) atoms. The number of hydrogen-bond donors (Lipinski definition) is 4. The first kappa shape index (κ1) is 26.0. The van der Waals surface area contributed by atoms with Crippen molar-refractivity contribution in [3.63, 3.8) is 0 Å². The maximum Gasteiger partial charge on any atom is 0.327 e. The number of nitrogens with two attached hydrogens (primary N) is 2. The van der Waals surface area contributed by atoms with E-state index in [1.54, 1.807) is 0 Å². The monoisotopic (exact) mass is 482 g/mol. The summed E-state index contributed by atoms with van der Waals surface area (Å²) in [5.41, 5.74) is 13.3. The van der Waals surface area contributed by atoms with Gasteiger partial charge in [0.2, 0.25) is 0 Å². The van der Waals surface area contributed by atoms with Crippen LogP contribution in [0.4, 0.5) is 4.79 Å². The molecule has 6 N–H and O–H groups in total. The van der Waals surface area contributed by atoms with E-state index in [9.17, 15) is 9.59 Å². The Labute approximate surface area is 205 Å². The molecule has 2 heterocycles. The average Bonchev–Trinajstić information content (AvgIpc) is 3.13. The topological polar surface area (TPSA) is 165 Å². The summed E-state index contributed by atoms with van der Waals surface area (Å²) in [6, 6.07) is 10.1. The molecule has 0 aromatic heterocycles. The van der Waals surface area contributed by atoms with E-state index in [-0.39, 0.29) is 29.7 Å². The second-order valence-electron chi connectivity index (χ2n) is 8.82. The molecule has 2 fully saturated rings. The van der Waals surface area contributed by atoms with Crippen molar-refractivity contribution in [2.75, 3.05) is 39.8 Å². The van der Waals surface area contributed by atoms with Crippen LogP contribution in [0.3, 0.4) is 0 Å². The molecule has 11 nitrogen and oxygen atoms in total. The lowest BCUT2D eigenvalue weighted by Gasteiger charge is -2.38. The number of carbonyl (C=O) groups is 2. The second-order valence-corrected chi connectivity index (χ2v) is 8.82. The van der Waals surface area contributed by atoms with Crippen molar-refractivity contribution in [3.8, 4) is 6.07 Å². The highest BCUT2D eigenvalue weighted by Gasteiger charge is 2.32. The molecule has 2 aliphatic rings. The van der Waals surface area contributed by atoms with E-state index >= 15 is 0 Å². The molecule has 0 atom stereocenters. The predicted molar refractivity (Wildman–Crippen MR) is 131 cm³/mol. The maximum atomic E-state index is 12.3. The second kappa shape index (κ2) is 12.2. The van der Waals surface area contributed by atoms with Crippen LogP contribution in [-0.2, 0) is 22.5 Å². The van der Waals surface area contributed by atoms with E-state index in [0.717, 1.165) is 43.6 Å². The number of amidine groups is 1. The summed E-state index contributed by atoms with van der Waals surface area (Å²) < 4.78 is 4.79. The largest absolute Gasteiger partial charge is 0.469 e. The zero-order valence-corrected chi connectivity index (χ0v) is 20.1. The van der Waals surface area contributed by atoms with Crippen LogP contribution in [0.15, 0.2) is 35.8 Å². The van der Waals surface area contributed by atoms with Gasteiger partial charge in [-0.05, 0) is 30.4 Å². The number of nitrogens with zero attached hydrogens (tertiary/aromatic N) is 4. The third-order valence-corrected chi connectivity index (χ3v) is 6.42. The number of esters is 1. The molecule has 2 amide bonds. The summed E-state index contributed by atoms with van der Waals surface area (Å²) in [5.74, 6) is -0.368. The molecule has 0 bridgehead atoms. The van der Waals surface area contributed by atoms with Crippen molar-refractivity contribution in [2.24, 2.45) is 11.5 Å². The van der Waals surface area contributed by atoms with E-state index in [1.807, 2.05) is 24.3 Å². The summed E-state index contributed by atoms with van der Waals surface area (Å²) in [5, 5.41) is 19.7. The molecule has 2 aliphatic heterocycles. The number of methoxy groups -OCH3 is 1. The number of ether oxygens (including phenoxy) is 1. The smallest absolute Gasteiger partial charge is 0.327 e. The number of nitrogens with one attached hydrogen (secondary N) is 2. The van der Waals surface area contributed by atoms with Gasteiger partial charge < -0.3 is 21.5 Å². The van der Waals surface area contributed by atoms with Crippen LogP contribution in [0.2, 0.25) is 0 Å². The summed E-state index contributed by atoms with van der Waals surface area (Å²) in [6.45, 7) is 3.95. The van der Waals surface area contributed by atoms with Crippen molar-refractivity contribution < 1.29 is 14.3 Å². The minimum absolute atomic E-state index is 0.0122. The third-order valence-electron chi connectivity index (χ3n) is 6.42. The van der Waals surface area contributed by atoms with Crippen molar-refractivity contribution in [1.82, 2.24) is 20.0 Å². The first-order chi connectivity index (χ1) is 16.8. The van der Waals surface area contributed by atoms with Crippen LogP contribution in [-0.4, -0.2) is 78.4 Å². The predicted octanol–water partition coefficient (Wildman–Crippen LogP) is 0.671. The summed E-state index contributed by atoms with van der Waals surface area (Å²) in [6.07, 6.45) is 2.78. The molecule has 0 saturated carbocycles. The number of nitriles is 1. The van der Waals surface area contributed by atoms with Gasteiger partial charge in [-0.1, -0.05) is 24.3 Å². The zero-order valence-electron chi connectivity index (χ0n) is 20.1. The minimum atomic E-state index is -0.398. The summed E-state index contributed by atoms with van der Waals surface area (Å²) >= 11 is 0. The van der Waals surface area contributed by atoms with Crippen LogP contribution < -0.4 is 16.8 Å². The third kappa shape index (κ3) is 6.94. The van der Waals surface area contributed by atoms with Crippen LogP contribution in [0.25, 0.3) is 0 Å². The summed E-state index contributed by atoms with van der Waals surface area (Å²) in [7, 11) is 1.38. The Morgan fingerprint density at radius 1 is 1.31 bits per heavy atom. The fourth-order valence-corrected chi connectivity index (χ4v) is 4.57. The molecule has 1 aromatic carbocycles. The molecule has 3 rings (SSSR count). The van der Waals surface area contributed by atoms with Gasteiger partial charge in [-0.3, -0.25) is 24.9 Å². The van der Waals surface area contributed by atoms with E-state index < -0.39 is 6.03 Å². The van der Waals surface area contributed by atoms with E-state index in [4.69, 9.17) is 26.9 Å². The number of piperidine rings is 1. The highest BCUT2D eigenvalue weighted by Crippen LogP contribution is 2.21. The van der Waals surface area contributed by atoms with E-state index in [0.29, 0.717) is 32.1 Å². The molecule has 1 aromatic rings. The van der Waals surface area contributed by atoms with Gasteiger partial charge >= 0.3 is 12.0 Å². The van der Waals surface area contributed by atoms with Gasteiger partial charge in [-0.2, -0.15) is 5.26 Å². The highest BCUT2D eigenvalue weighted by molar-refractivity contribution is 6.13. The Hall–Kier alpha value is -3.62. The molecule has 0 radical (unpaired) electrons. The number of rotatable bonds is 10. The van der Waals surface area contributed by atoms with Gasteiger partial charge in [0.15, 0.2) is 5.84 Å². The normalized spacial score (nSPS) is 16.9. The number of urea groups is 1. The Balaban J connectivity index is 1.67. The molecule has 188 valence electrons. The first-order valence-corrected chi connectivity index (χ1v) is 11.7. The lowest BCUT2D eigenvalue weighted by molar-refractivity contribution is -0.139. The van der Waals surface area contributed by atoms with Gasteiger partial charge in [-0.15, -0.1) is 0 Å². The van der Waals surface area contributed by atoms with Crippen LogP contribution >= 0.6 is 0 Å². The summed E-state index contributed by atoms with van der Waals surface area (Å²) in [4.78, 5) is 29.9. The number of benzene rings is 1. The van der Waals surface area contributed by atoms with Crippen LogP contribution in [0.5, 0.6) is 0 Å². The first-order valence-electron chi connectivity index (χ1n) is 11.7. The van der Waals surface area contributed by atoms with Crippen molar-refractivity contribution in [1.29, 1.82) is 10.7 Å². The van der Waals surface area contributed by atoms with Crippen LogP contribution in [0, 0.1) is 16.7 Å². The zero-order chi connectivity index (χ0) is 25.4. The van der Waals surface area contributed by atoms with Crippen molar-refractivity contribution >= 4 is 17.8 Å². The Morgan fingerprint density at radius 3 is 2.66 bits per heavy atom. The van der Waals surface area contributed by atoms with Gasteiger partial charge in [0.1, 0.15) is 11.5 Å². The van der Waals surface area contributed by atoms with Gasteiger partial charge in [0, 0.05) is 38.8 Å². The lowest BCUT2D eigenvalue weighted by Crippen LogP contribution is -2.45. The quantitative estimate of drug-likeness (QED) is 0.279. The SMILES string of the molecule is COC(=O)Cc1cccc(CN(CCCN2C(=N)C(=C(N)N)NC2=O)C2CCN(CC#N)CC2)c1. The van der Waals surface area contributed by atoms with Gasteiger partial charge in [0.05, 0.1) is 26.1 Å². The fourth-order valence-electron chi connectivity index (χ4n) is 4.57. The standard InChI is InChI=1S/C24H34N8O3/c1-35-20(33)15-17-4-2-5-18(14-17)16-31(19-6-11-30(12-7-19)13-8-25)9-3-10-32-23(28)21(22(26)27)29-24(32)34/h2,4-5,14,19,28H,3,6-7,9-13,15-16,26-27H2,1H3,(H,29,34). The maximum absolute atomic E-state index is 12.3. The molecular weight excluding hydrogens is 448 g/mol. The Bertz CT molecular complexity index is 1010. The molecular formula is C24H34N8O3. The van der Waals surface area contributed by atoms with E-state index in [2.05, 4.69) is 21.2 Å². The lowest BCUT2D eigenvalue weighted by atomic mass is 10.0. The fraction of sp³-hybridized carbons (Fsp3) is 0.500. The van der Waals surface area contributed by atoms with Crippen LogP contribution in [0.1, 0.15) is 30.4 Å². The average molecular weight is 483 g/mol. The molecule has 11 heteroatoms. The Morgan fingerprint density at radius 2 is 2.03 bits per heavy atom. The highest BCUT2D eigenvalue weighted by atomic mass is 16.5. The van der Waals surface area contributed by atoms with Crippen molar-refractivity contribution in [2.45, 2.75) is 38.3 Å².